The van der Waals surface area contributed by atoms with E-state index in [1.165, 1.54) is 0 Å². The topological polar surface area (TPSA) is 92.4 Å². The Morgan fingerprint density at radius 1 is 1.47 bits per heavy atom. The lowest BCUT2D eigenvalue weighted by atomic mass is 10.1. The van der Waals surface area contributed by atoms with Gasteiger partial charge in [-0.25, -0.2) is 4.79 Å². The van der Waals surface area contributed by atoms with Gasteiger partial charge in [0.15, 0.2) is 0 Å². The summed E-state index contributed by atoms with van der Waals surface area (Å²) in [6.07, 6.45) is 0.342. The molecule has 5 nitrogen and oxygen atoms in total. The molecule has 0 fully saturated rings. The van der Waals surface area contributed by atoms with E-state index in [0.717, 1.165) is 5.56 Å². The normalized spacial score (nSPS) is 11.9. The van der Waals surface area contributed by atoms with Gasteiger partial charge in [-0.3, -0.25) is 4.79 Å². The maximum atomic E-state index is 11.8. The number of benzene rings is 1. The van der Waals surface area contributed by atoms with Crippen LogP contribution in [0.3, 0.4) is 0 Å². The summed E-state index contributed by atoms with van der Waals surface area (Å²) in [5, 5.41) is 11.3. The standard InChI is InChI=1S/C12H16N2O3/c1-3-10(12(16)17)14-11(15)8-4-5-9(13)7(2)6-8/h4-6,10H,3,13H2,1-2H3,(H,14,15)(H,16,17). The van der Waals surface area contributed by atoms with E-state index >= 15 is 0 Å². The highest BCUT2D eigenvalue weighted by molar-refractivity contribution is 5.97. The number of aliphatic carboxylic acids is 1. The van der Waals surface area contributed by atoms with Gasteiger partial charge < -0.3 is 16.2 Å². The largest absolute Gasteiger partial charge is 0.480 e. The fourth-order valence-corrected chi connectivity index (χ4v) is 1.40. The molecule has 0 bridgehead atoms. The number of carboxylic acid groups (broad SMARTS) is 1. The summed E-state index contributed by atoms with van der Waals surface area (Å²) < 4.78 is 0. The Balaban J connectivity index is 2.82. The third-order valence-corrected chi connectivity index (χ3v) is 2.54. The molecule has 1 atom stereocenters. The molecular weight excluding hydrogens is 220 g/mol. The first-order valence-corrected chi connectivity index (χ1v) is 5.35. The van der Waals surface area contributed by atoms with Crippen LogP contribution in [0, 0.1) is 6.92 Å². The lowest BCUT2D eigenvalue weighted by Gasteiger charge is -2.12. The van der Waals surface area contributed by atoms with Crippen molar-refractivity contribution in [2.75, 3.05) is 5.73 Å². The summed E-state index contributed by atoms with van der Waals surface area (Å²) in [6, 6.07) is 3.98. The first kappa shape index (κ1) is 13.0. The van der Waals surface area contributed by atoms with Crippen molar-refractivity contribution >= 4 is 17.6 Å². The van der Waals surface area contributed by atoms with Crippen LogP contribution >= 0.6 is 0 Å². The van der Waals surface area contributed by atoms with Crippen molar-refractivity contribution in [3.8, 4) is 0 Å². The number of hydrogen-bond donors (Lipinski definition) is 3. The van der Waals surface area contributed by atoms with E-state index in [4.69, 9.17) is 10.8 Å². The molecule has 1 unspecified atom stereocenters. The zero-order valence-electron chi connectivity index (χ0n) is 9.86. The number of nitrogens with two attached hydrogens (primary N) is 1. The number of aryl methyl sites for hydroxylation is 1. The van der Waals surface area contributed by atoms with Crippen LogP contribution in [-0.4, -0.2) is 23.0 Å². The lowest BCUT2D eigenvalue weighted by molar-refractivity contribution is -0.139. The van der Waals surface area contributed by atoms with Crippen LogP contribution in [0.25, 0.3) is 0 Å². The first-order valence-electron chi connectivity index (χ1n) is 5.35. The van der Waals surface area contributed by atoms with Gasteiger partial charge in [0.2, 0.25) is 0 Å². The average molecular weight is 236 g/mol. The quantitative estimate of drug-likeness (QED) is 0.684. The van der Waals surface area contributed by atoms with Gasteiger partial charge in [-0.05, 0) is 37.1 Å². The summed E-state index contributed by atoms with van der Waals surface area (Å²) in [6.45, 7) is 3.49. The van der Waals surface area contributed by atoms with E-state index in [-0.39, 0.29) is 0 Å². The van der Waals surface area contributed by atoms with Gasteiger partial charge in [0, 0.05) is 11.3 Å². The highest BCUT2D eigenvalue weighted by Crippen LogP contribution is 2.12. The van der Waals surface area contributed by atoms with E-state index in [2.05, 4.69) is 5.32 Å². The highest BCUT2D eigenvalue weighted by atomic mass is 16.4. The van der Waals surface area contributed by atoms with Gasteiger partial charge in [-0.15, -0.1) is 0 Å². The van der Waals surface area contributed by atoms with Crippen LogP contribution < -0.4 is 11.1 Å². The number of carbonyl (C=O) groups is 2. The summed E-state index contributed by atoms with van der Waals surface area (Å²) in [5.41, 5.74) is 7.45. The maximum absolute atomic E-state index is 11.8. The molecule has 1 aromatic carbocycles. The van der Waals surface area contributed by atoms with Crippen molar-refractivity contribution in [2.45, 2.75) is 26.3 Å². The zero-order valence-corrected chi connectivity index (χ0v) is 9.86. The number of carboxylic acids is 1. The van der Waals surface area contributed by atoms with Crippen LogP contribution in [0.2, 0.25) is 0 Å². The van der Waals surface area contributed by atoms with Crippen molar-refractivity contribution < 1.29 is 14.7 Å². The van der Waals surface area contributed by atoms with Crippen molar-refractivity contribution in [2.24, 2.45) is 0 Å². The number of hydrogen-bond acceptors (Lipinski definition) is 3. The molecule has 0 aliphatic carbocycles. The number of nitrogens with one attached hydrogen (secondary N) is 1. The van der Waals surface area contributed by atoms with E-state index in [9.17, 15) is 9.59 Å². The molecule has 4 N–H and O–H groups in total. The number of carbonyl (C=O) groups excluding carboxylic acids is 1. The molecule has 0 radical (unpaired) electrons. The van der Waals surface area contributed by atoms with Crippen LogP contribution in [0.1, 0.15) is 29.3 Å². The minimum absolute atomic E-state index is 0.342. The molecule has 0 spiro atoms. The minimum atomic E-state index is -1.03. The van der Waals surface area contributed by atoms with E-state index in [1.54, 1.807) is 32.0 Å². The van der Waals surface area contributed by atoms with Crippen LogP contribution in [0.15, 0.2) is 18.2 Å². The smallest absolute Gasteiger partial charge is 0.326 e. The van der Waals surface area contributed by atoms with E-state index < -0.39 is 17.9 Å². The second-order valence-electron chi connectivity index (χ2n) is 3.84. The molecule has 0 saturated carbocycles. The fraction of sp³-hybridized carbons (Fsp3) is 0.333. The molecule has 1 amide bonds. The van der Waals surface area contributed by atoms with Gasteiger partial charge in [-0.1, -0.05) is 6.92 Å². The Labute approximate surface area is 99.6 Å². The Bertz CT molecular complexity index is 443. The zero-order chi connectivity index (χ0) is 13.0. The van der Waals surface area contributed by atoms with Crippen LogP contribution in [0.5, 0.6) is 0 Å². The van der Waals surface area contributed by atoms with Crippen molar-refractivity contribution in [3.63, 3.8) is 0 Å². The highest BCUT2D eigenvalue weighted by Gasteiger charge is 2.18. The van der Waals surface area contributed by atoms with Crippen molar-refractivity contribution in [1.82, 2.24) is 5.32 Å². The average Bonchev–Trinajstić information content (AvgIpc) is 2.28. The molecule has 92 valence electrons. The number of nitrogen functional groups attached to an aromatic ring is 1. The third kappa shape index (κ3) is 3.21. The van der Waals surface area contributed by atoms with Gasteiger partial charge in [0.05, 0.1) is 0 Å². The number of amides is 1. The molecule has 0 aliphatic rings. The molecule has 1 rings (SSSR count). The lowest BCUT2D eigenvalue weighted by Crippen LogP contribution is -2.40. The van der Waals surface area contributed by atoms with Crippen LogP contribution in [-0.2, 0) is 4.79 Å². The summed E-state index contributed by atoms with van der Waals surface area (Å²) in [5.74, 6) is -1.43. The Morgan fingerprint density at radius 3 is 2.59 bits per heavy atom. The summed E-state index contributed by atoms with van der Waals surface area (Å²) in [7, 11) is 0. The predicted octanol–water partition coefficient (Wildman–Crippen LogP) is 1.17. The van der Waals surface area contributed by atoms with Gasteiger partial charge >= 0.3 is 5.97 Å². The van der Waals surface area contributed by atoms with Crippen LogP contribution in [0.4, 0.5) is 5.69 Å². The van der Waals surface area contributed by atoms with Gasteiger partial charge in [-0.2, -0.15) is 0 Å². The molecule has 0 aromatic heterocycles. The molecule has 5 heteroatoms. The second kappa shape index (κ2) is 5.34. The summed E-state index contributed by atoms with van der Waals surface area (Å²) in [4.78, 5) is 22.6. The summed E-state index contributed by atoms with van der Waals surface area (Å²) >= 11 is 0. The second-order valence-corrected chi connectivity index (χ2v) is 3.84. The van der Waals surface area contributed by atoms with Gasteiger partial charge in [0.25, 0.3) is 5.91 Å². The van der Waals surface area contributed by atoms with E-state index in [0.29, 0.717) is 17.7 Å². The maximum Gasteiger partial charge on any atom is 0.326 e. The molecule has 0 aliphatic heterocycles. The SMILES string of the molecule is CCC(NC(=O)c1ccc(N)c(C)c1)C(=O)O. The Hall–Kier alpha value is -2.04. The van der Waals surface area contributed by atoms with Crippen molar-refractivity contribution in [1.29, 1.82) is 0 Å². The van der Waals surface area contributed by atoms with E-state index in [1.807, 2.05) is 0 Å². The Kier molecular flexibility index (Phi) is 4.09. The third-order valence-electron chi connectivity index (χ3n) is 2.54. The molecule has 0 heterocycles. The molecule has 1 aromatic rings. The number of rotatable bonds is 4. The predicted molar refractivity (Wildman–Crippen MR) is 64.8 cm³/mol. The first-order chi connectivity index (χ1) is 7.95. The van der Waals surface area contributed by atoms with Crippen molar-refractivity contribution in [3.05, 3.63) is 29.3 Å². The minimum Gasteiger partial charge on any atom is -0.480 e. The monoisotopic (exact) mass is 236 g/mol. The Morgan fingerprint density at radius 2 is 2.12 bits per heavy atom. The fourth-order valence-electron chi connectivity index (χ4n) is 1.40. The number of anilines is 1. The molecular formula is C12H16N2O3. The molecule has 0 saturated heterocycles. The van der Waals surface area contributed by atoms with Gasteiger partial charge in [0.1, 0.15) is 6.04 Å². The molecule has 17 heavy (non-hydrogen) atoms.